The number of carbonyl (C=O) groups is 2. The van der Waals surface area contributed by atoms with E-state index in [2.05, 4.69) is 12.6 Å². The van der Waals surface area contributed by atoms with Gasteiger partial charge >= 0.3 is 6.03 Å². The van der Waals surface area contributed by atoms with Crippen LogP contribution in [-0.4, -0.2) is 40.7 Å². The lowest BCUT2D eigenvalue weighted by Crippen LogP contribution is -2.32. The molecule has 0 aliphatic carbocycles. The van der Waals surface area contributed by atoms with Crippen molar-refractivity contribution in [3.8, 4) is 0 Å². The summed E-state index contributed by atoms with van der Waals surface area (Å²) in [6, 6.07) is -0.238. The lowest BCUT2D eigenvalue weighted by Gasteiger charge is -2.17. The number of rotatable bonds is 3. The van der Waals surface area contributed by atoms with Crippen LogP contribution in [0.1, 0.15) is 19.8 Å². The lowest BCUT2D eigenvalue weighted by atomic mass is 10.3. The van der Waals surface area contributed by atoms with Gasteiger partial charge in [0.2, 0.25) is 0 Å². The van der Waals surface area contributed by atoms with Crippen LogP contribution in [0, 0.1) is 0 Å². The summed E-state index contributed by atoms with van der Waals surface area (Å²) in [5.41, 5.74) is 0. The second kappa shape index (κ2) is 4.00. The highest BCUT2D eigenvalue weighted by Gasteiger charge is 2.40. The van der Waals surface area contributed by atoms with Gasteiger partial charge in [0.1, 0.15) is 0 Å². The first-order valence-corrected chi connectivity index (χ1v) is 4.87. The fourth-order valence-electron chi connectivity index (χ4n) is 1.24. The molecule has 0 spiro atoms. The molecular formula is C8H14N2O2S. The topological polar surface area (TPSA) is 40.6 Å². The Bertz CT molecular complexity index is 232. The van der Waals surface area contributed by atoms with E-state index in [1.807, 2.05) is 6.92 Å². The van der Waals surface area contributed by atoms with Crippen molar-refractivity contribution in [3.63, 3.8) is 0 Å². The summed E-state index contributed by atoms with van der Waals surface area (Å²) >= 11 is 4.09. The van der Waals surface area contributed by atoms with E-state index in [0.29, 0.717) is 6.54 Å². The molecule has 1 atom stereocenters. The first kappa shape index (κ1) is 10.4. The fourth-order valence-corrected chi connectivity index (χ4v) is 1.63. The first-order chi connectivity index (χ1) is 6.09. The van der Waals surface area contributed by atoms with E-state index in [0.717, 1.165) is 17.7 Å². The summed E-state index contributed by atoms with van der Waals surface area (Å²) in [5, 5.41) is -0.580. The van der Waals surface area contributed by atoms with Crippen LogP contribution in [0.15, 0.2) is 0 Å². The van der Waals surface area contributed by atoms with Crippen molar-refractivity contribution in [2.24, 2.45) is 0 Å². The third-order valence-electron chi connectivity index (χ3n) is 2.13. The van der Waals surface area contributed by atoms with Crippen LogP contribution < -0.4 is 0 Å². The zero-order chi connectivity index (χ0) is 10.0. The number of urea groups is 1. The number of nitrogens with zero attached hydrogens (tertiary/aromatic N) is 2. The first-order valence-electron chi connectivity index (χ1n) is 4.35. The van der Waals surface area contributed by atoms with Gasteiger partial charge in [0.25, 0.3) is 5.91 Å². The van der Waals surface area contributed by atoms with Crippen molar-refractivity contribution in [1.29, 1.82) is 0 Å². The second-order valence-electron chi connectivity index (χ2n) is 3.10. The highest BCUT2D eigenvalue weighted by molar-refractivity contribution is 7.81. The van der Waals surface area contributed by atoms with Gasteiger partial charge in [0, 0.05) is 13.6 Å². The van der Waals surface area contributed by atoms with E-state index >= 15 is 0 Å². The minimum Gasteiger partial charge on any atom is -0.303 e. The molecule has 13 heavy (non-hydrogen) atoms. The number of carbonyl (C=O) groups excluding carboxylic acids is 2. The number of hydrogen-bond donors (Lipinski definition) is 1. The van der Waals surface area contributed by atoms with Crippen LogP contribution in [-0.2, 0) is 4.79 Å². The zero-order valence-corrected chi connectivity index (χ0v) is 8.75. The maximum Gasteiger partial charge on any atom is 0.327 e. The molecule has 1 rings (SSSR count). The molecule has 0 N–H and O–H groups in total. The van der Waals surface area contributed by atoms with Crippen molar-refractivity contribution in [1.82, 2.24) is 9.80 Å². The predicted octanol–water partition coefficient (Wildman–Crippen LogP) is 0.936. The number of imide groups is 1. The summed E-state index contributed by atoms with van der Waals surface area (Å²) in [6.45, 7) is 2.65. The molecule has 1 aliphatic rings. The Morgan fingerprint density at radius 2 is 2.08 bits per heavy atom. The molecule has 4 nitrogen and oxygen atoms in total. The number of unbranched alkanes of at least 4 members (excludes halogenated alkanes) is 1. The van der Waals surface area contributed by atoms with Crippen LogP contribution in [0.25, 0.3) is 0 Å². The largest absolute Gasteiger partial charge is 0.327 e. The monoisotopic (exact) mass is 202 g/mol. The number of thiol groups is 1. The normalized spacial score (nSPS) is 23.2. The third-order valence-corrected chi connectivity index (χ3v) is 2.63. The van der Waals surface area contributed by atoms with E-state index < -0.39 is 5.37 Å². The third kappa shape index (κ3) is 1.80. The summed E-state index contributed by atoms with van der Waals surface area (Å²) in [7, 11) is 1.49. The standard InChI is InChI=1S/C8H14N2O2S/c1-3-4-5-10-7(13)6(11)9(2)8(10)12/h7,13H,3-5H2,1-2H3. The van der Waals surface area contributed by atoms with Gasteiger partial charge in [0.15, 0.2) is 5.37 Å². The molecule has 0 aromatic heterocycles. The lowest BCUT2D eigenvalue weighted by molar-refractivity contribution is -0.125. The molecule has 74 valence electrons. The number of likely N-dealkylation sites (N-methyl/N-ethyl adjacent to an activating group) is 1. The molecule has 1 saturated heterocycles. The van der Waals surface area contributed by atoms with Crippen LogP contribution >= 0.6 is 12.6 Å². The average Bonchev–Trinajstić information content (AvgIpc) is 2.30. The molecule has 0 radical (unpaired) electrons. The molecule has 0 aromatic carbocycles. The molecule has 5 heteroatoms. The molecular weight excluding hydrogens is 188 g/mol. The van der Waals surface area contributed by atoms with Crippen molar-refractivity contribution in [3.05, 3.63) is 0 Å². The quantitative estimate of drug-likeness (QED) is 0.546. The van der Waals surface area contributed by atoms with Gasteiger partial charge in [0.05, 0.1) is 0 Å². The van der Waals surface area contributed by atoms with Gasteiger partial charge in [-0.2, -0.15) is 0 Å². The van der Waals surface area contributed by atoms with Gasteiger partial charge < -0.3 is 4.90 Å². The Balaban J connectivity index is 2.64. The molecule has 1 fully saturated rings. The highest BCUT2D eigenvalue weighted by Crippen LogP contribution is 2.18. The molecule has 0 aromatic rings. The average molecular weight is 202 g/mol. The Morgan fingerprint density at radius 3 is 2.46 bits per heavy atom. The van der Waals surface area contributed by atoms with Gasteiger partial charge in [-0.1, -0.05) is 13.3 Å². The molecule has 0 bridgehead atoms. The van der Waals surface area contributed by atoms with Gasteiger partial charge in [-0.05, 0) is 6.42 Å². The van der Waals surface area contributed by atoms with Crippen molar-refractivity contribution < 1.29 is 9.59 Å². The SMILES string of the molecule is CCCCN1C(=O)N(C)C(=O)C1S. The van der Waals surface area contributed by atoms with Crippen molar-refractivity contribution >= 4 is 24.6 Å². The number of amides is 3. The maximum absolute atomic E-state index is 11.4. The molecule has 3 amide bonds. The van der Waals surface area contributed by atoms with E-state index in [1.165, 1.54) is 11.9 Å². The minimum absolute atomic E-state index is 0.232. The summed E-state index contributed by atoms with van der Waals surface area (Å²) < 4.78 is 0. The van der Waals surface area contributed by atoms with E-state index in [9.17, 15) is 9.59 Å². The Hall–Kier alpha value is -0.710. The van der Waals surface area contributed by atoms with E-state index in [-0.39, 0.29) is 11.9 Å². The van der Waals surface area contributed by atoms with Crippen LogP contribution in [0.4, 0.5) is 4.79 Å². The summed E-state index contributed by atoms with van der Waals surface area (Å²) in [5.74, 6) is -0.232. The Labute approximate surface area is 83.3 Å². The van der Waals surface area contributed by atoms with Crippen molar-refractivity contribution in [2.45, 2.75) is 25.1 Å². The molecule has 1 heterocycles. The molecule has 0 saturated carbocycles. The Morgan fingerprint density at radius 1 is 1.46 bits per heavy atom. The molecule has 1 unspecified atom stereocenters. The predicted molar refractivity (Wildman–Crippen MR) is 52.6 cm³/mol. The van der Waals surface area contributed by atoms with Gasteiger partial charge in [-0.15, -0.1) is 12.6 Å². The highest BCUT2D eigenvalue weighted by atomic mass is 32.1. The van der Waals surface area contributed by atoms with E-state index in [4.69, 9.17) is 0 Å². The summed E-state index contributed by atoms with van der Waals surface area (Å²) in [6.07, 6.45) is 1.91. The smallest absolute Gasteiger partial charge is 0.303 e. The van der Waals surface area contributed by atoms with Crippen LogP contribution in [0.2, 0.25) is 0 Å². The van der Waals surface area contributed by atoms with Gasteiger partial charge in [-0.3, -0.25) is 9.69 Å². The summed E-state index contributed by atoms with van der Waals surface area (Å²) in [4.78, 5) is 25.3. The van der Waals surface area contributed by atoms with Crippen LogP contribution in [0.5, 0.6) is 0 Å². The Kier molecular flexibility index (Phi) is 3.19. The zero-order valence-electron chi connectivity index (χ0n) is 7.86. The minimum atomic E-state index is -0.580. The fraction of sp³-hybridized carbons (Fsp3) is 0.750. The number of hydrogen-bond acceptors (Lipinski definition) is 3. The van der Waals surface area contributed by atoms with Crippen molar-refractivity contribution in [2.75, 3.05) is 13.6 Å². The van der Waals surface area contributed by atoms with E-state index in [1.54, 1.807) is 0 Å². The van der Waals surface area contributed by atoms with Crippen LogP contribution in [0.3, 0.4) is 0 Å². The maximum atomic E-state index is 11.4. The second-order valence-corrected chi connectivity index (χ2v) is 3.59. The molecule has 1 aliphatic heterocycles. The van der Waals surface area contributed by atoms with Gasteiger partial charge in [-0.25, -0.2) is 4.79 Å².